The Bertz CT molecular complexity index is 888. The van der Waals surface area contributed by atoms with Gasteiger partial charge in [-0.2, -0.15) is 5.26 Å². The lowest BCUT2D eigenvalue weighted by Crippen LogP contribution is -2.14. The number of nitrogens with zero attached hydrogens (tertiary/aromatic N) is 1. The summed E-state index contributed by atoms with van der Waals surface area (Å²) < 4.78 is 11.0. The highest BCUT2D eigenvalue weighted by molar-refractivity contribution is 9.10. The van der Waals surface area contributed by atoms with Crippen molar-refractivity contribution in [3.63, 3.8) is 0 Å². The number of hydrogen-bond donors (Lipinski definition) is 2. The maximum absolute atomic E-state index is 12.5. The van der Waals surface area contributed by atoms with Crippen molar-refractivity contribution in [1.29, 1.82) is 5.26 Å². The van der Waals surface area contributed by atoms with Crippen LogP contribution in [0.4, 0.5) is 5.69 Å². The van der Waals surface area contributed by atoms with Gasteiger partial charge in [-0.25, -0.2) is 0 Å². The quantitative estimate of drug-likeness (QED) is 0.545. The van der Waals surface area contributed by atoms with Crippen LogP contribution in [0, 0.1) is 11.3 Å². The maximum Gasteiger partial charge on any atom is 0.266 e. The SMILES string of the molecule is CCOc1ccccc1NC(=O)C(C#N)=Cc1cc(O)c(OC)cc1Br. The molecular formula is C19H17BrN2O4. The van der Waals surface area contributed by atoms with Crippen molar-refractivity contribution in [1.82, 2.24) is 0 Å². The molecule has 0 bridgehead atoms. The molecule has 0 fully saturated rings. The smallest absolute Gasteiger partial charge is 0.266 e. The molecule has 1 amide bonds. The standard InChI is InChI=1S/C19H17BrN2O4/c1-3-26-17-7-5-4-6-15(17)22-19(24)13(11-21)8-12-9-16(23)18(25-2)10-14(12)20/h4-10,23H,3H2,1-2H3,(H,22,24). The monoisotopic (exact) mass is 416 g/mol. The number of nitriles is 1. The molecular weight excluding hydrogens is 400 g/mol. The van der Waals surface area contributed by atoms with E-state index in [1.165, 1.54) is 19.3 Å². The molecule has 0 saturated heterocycles. The molecule has 0 unspecified atom stereocenters. The van der Waals surface area contributed by atoms with E-state index in [2.05, 4.69) is 21.2 Å². The van der Waals surface area contributed by atoms with Gasteiger partial charge in [-0.15, -0.1) is 0 Å². The number of benzene rings is 2. The van der Waals surface area contributed by atoms with Crippen molar-refractivity contribution in [3.8, 4) is 23.3 Å². The summed E-state index contributed by atoms with van der Waals surface area (Å²) >= 11 is 3.33. The number of halogens is 1. The number of anilines is 1. The van der Waals surface area contributed by atoms with Crippen LogP contribution >= 0.6 is 15.9 Å². The van der Waals surface area contributed by atoms with Crippen LogP contribution in [0.2, 0.25) is 0 Å². The summed E-state index contributed by atoms with van der Waals surface area (Å²) in [7, 11) is 1.43. The lowest BCUT2D eigenvalue weighted by molar-refractivity contribution is -0.112. The Morgan fingerprint density at radius 3 is 2.73 bits per heavy atom. The minimum Gasteiger partial charge on any atom is -0.504 e. The van der Waals surface area contributed by atoms with E-state index in [1.807, 2.05) is 13.0 Å². The zero-order chi connectivity index (χ0) is 19.1. The molecule has 0 spiro atoms. The highest BCUT2D eigenvalue weighted by atomic mass is 79.9. The number of aromatic hydroxyl groups is 1. The van der Waals surface area contributed by atoms with Gasteiger partial charge in [0.15, 0.2) is 11.5 Å². The van der Waals surface area contributed by atoms with Gasteiger partial charge in [0.2, 0.25) is 0 Å². The summed E-state index contributed by atoms with van der Waals surface area (Å²) in [4.78, 5) is 12.5. The van der Waals surface area contributed by atoms with Gasteiger partial charge < -0.3 is 19.9 Å². The Balaban J connectivity index is 2.31. The third kappa shape index (κ3) is 4.55. The molecule has 2 aromatic rings. The van der Waals surface area contributed by atoms with Gasteiger partial charge in [0.1, 0.15) is 17.4 Å². The van der Waals surface area contributed by atoms with E-state index in [0.29, 0.717) is 28.1 Å². The number of rotatable bonds is 6. The van der Waals surface area contributed by atoms with Crippen LogP contribution in [0.3, 0.4) is 0 Å². The molecule has 2 aromatic carbocycles. The second-order valence-electron chi connectivity index (χ2n) is 5.10. The van der Waals surface area contributed by atoms with Crippen LogP contribution in [-0.2, 0) is 4.79 Å². The van der Waals surface area contributed by atoms with E-state index >= 15 is 0 Å². The normalized spacial score (nSPS) is 10.8. The first-order valence-corrected chi connectivity index (χ1v) is 8.50. The third-order valence-corrected chi connectivity index (χ3v) is 4.08. The summed E-state index contributed by atoms with van der Waals surface area (Å²) in [6, 6.07) is 11.8. The Labute approximate surface area is 159 Å². The number of carbonyl (C=O) groups is 1. The van der Waals surface area contributed by atoms with Crippen molar-refractivity contribution in [2.75, 3.05) is 19.0 Å². The Morgan fingerprint density at radius 1 is 1.35 bits per heavy atom. The zero-order valence-corrected chi connectivity index (χ0v) is 15.8. The number of phenolic OH excluding ortho intramolecular Hbond substituents is 1. The van der Waals surface area contributed by atoms with E-state index in [9.17, 15) is 15.2 Å². The minimum atomic E-state index is -0.582. The number of nitrogens with one attached hydrogen (secondary N) is 1. The molecule has 0 aliphatic rings. The Hall–Kier alpha value is -2.98. The number of amides is 1. The fourth-order valence-corrected chi connectivity index (χ4v) is 2.62. The summed E-state index contributed by atoms with van der Waals surface area (Å²) in [5.74, 6) is 0.120. The van der Waals surface area contributed by atoms with E-state index in [0.717, 1.165) is 0 Å². The van der Waals surface area contributed by atoms with Crippen molar-refractivity contribution >= 4 is 33.6 Å². The average molecular weight is 417 g/mol. The lowest BCUT2D eigenvalue weighted by atomic mass is 10.1. The highest BCUT2D eigenvalue weighted by Gasteiger charge is 2.14. The summed E-state index contributed by atoms with van der Waals surface area (Å²) in [5, 5.41) is 21.9. The van der Waals surface area contributed by atoms with E-state index < -0.39 is 5.91 Å². The third-order valence-electron chi connectivity index (χ3n) is 3.40. The molecule has 7 heteroatoms. The van der Waals surface area contributed by atoms with Crippen LogP contribution in [0.1, 0.15) is 12.5 Å². The molecule has 0 aliphatic heterocycles. The largest absolute Gasteiger partial charge is 0.504 e. The van der Waals surface area contributed by atoms with Gasteiger partial charge in [-0.1, -0.05) is 28.1 Å². The summed E-state index contributed by atoms with van der Waals surface area (Å²) in [5.41, 5.74) is 0.812. The van der Waals surface area contributed by atoms with Crippen LogP contribution in [0.15, 0.2) is 46.4 Å². The molecule has 2 rings (SSSR count). The fraction of sp³-hybridized carbons (Fsp3) is 0.158. The van der Waals surface area contributed by atoms with Crippen molar-refractivity contribution in [2.24, 2.45) is 0 Å². The van der Waals surface area contributed by atoms with Crippen molar-refractivity contribution < 1.29 is 19.4 Å². The van der Waals surface area contributed by atoms with Crippen LogP contribution in [0.25, 0.3) is 6.08 Å². The van der Waals surface area contributed by atoms with Crippen LogP contribution in [0.5, 0.6) is 17.2 Å². The highest BCUT2D eigenvalue weighted by Crippen LogP contribution is 2.33. The topological polar surface area (TPSA) is 91.6 Å². The average Bonchev–Trinajstić information content (AvgIpc) is 2.63. The van der Waals surface area contributed by atoms with Gasteiger partial charge in [0, 0.05) is 4.47 Å². The first kappa shape index (κ1) is 19.3. The number of phenols is 1. The van der Waals surface area contributed by atoms with Gasteiger partial charge in [0.25, 0.3) is 5.91 Å². The molecule has 0 heterocycles. The number of methoxy groups -OCH3 is 1. The van der Waals surface area contributed by atoms with E-state index in [4.69, 9.17) is 9.47 Å². The van der Waals surface area contributed by atoms with E-state index in [-0.39, 0.29) is 17.1 Å². The number of hydrogen-bond acceptors (Lipinski definition) is 5. The summed E-state index contributed by atoms with van der Waals surface area (Å²) in [6.07, 6.45) is 1.38. The minimum absolute atomic E-state index is 0.0960. The predicted octanol–water partition coefficient (Wildman–Crippen LogP) is 4.11. The number of para-hydroxylation sites is 2. The van der Waals surface area contributed by atoms with Gasteiger partial charge >= 0.3 is 0 Å². The molecule has 134 valence electrons. The van der Waals surface area contributed by atoms with Gasteiger partial charge in [0.05, 0.1) is 19.4 Å². The van der Waals surface area contributed by atoms with E-state index in [1.54, 1.807) is 30.3 Å². The van der Waals surface area contributed by atoms with Gasteiger partial charge in [-0.3, -0.25) is 4.79 Å². The van der Waals surface area contributed by atoms with Gasteiger partial charge in [-0.05, 0) is 42.8 Å². The molecule has 0 radical (unpaired) electrons. The second kappa shape index (κ2) is 8.92. The molecule has 0 saturated carbocycles. The van der Waals surface area contributed by atoms with Crippen LogP contribution < -0.4 is 14.8 Å². The first-order valence-electron chi connectivity index (χ1n) is 7.71. The lowest BCUT2D eigenvalue weighted by Gasteiger charge is -2.11. The molecule has 6 nitrogen and oxygen atoms in total. The predicted molar refractivity (Wildman–Crippen MR) is 102 cm³/mol. The zero-order valence-electron chi connectivity index (χ0n) is 14.2. The molecule has 26 heavy (non-hydrogen) atoms. The maximum atomic E-state index is 12.5. The van der Waals surface area contributed by atoms with Crippen molar-refractivity contribution in [3.05, 3.63) is 52.0 Å². The number of ether oxygens (including phenoxy) is 2. The molecule has 0 aromatic heterocycles. The fourth-order valence-electron chi connectivity index (χ4n) is 2.18. The Morgan fingerprint density at radius 2 is 2.08 bits per heavy atom. The Kier molecular flexibility index (Phi) is 6.64. The first-order chi connectivity index (χ1) is 12.5. The summed E-state index contributed by atoms with van der Waals surface area (Å²) in [6.45, 7) is 2.29. The van der Waals surface area contributed by atoms with Crippen LogP contribution in [-0.4, -0.2) is 24.7 Å². The molecule has 2 N–H and O–H groups in total. The molecule has 0 aliphatic carbocycles. The molecule has 0 atom stereocenters. The van der Waals surface area contributed by atoms with Crippen molar-refractivity contribution in [2.45, 2.75) is 6.92 Å². The number of carbonyl (C=O) groups excluding carboxylic acids is 1. The second-order valence-corrected chi connectivity index (χ2v) is 5.95.